The Hall–Kier alpha value is -11.9. The van der Waals surface area contributed by atoms with E-state index < -0.39 is 0 Å². The van der Waals surface area contributed by atoms with Gasteiger partial charge in [-0.1, -0.05) is 194 Å². The van der Waals surface area contributed by atoms with E-state index in [1.165, 1.54) is 20.9 Å². The Morgan fingerprint density at radius 1 is 0.330 bits per heavy atom. The summed E-state index contributed by atoms with van der Waals surface area (Å²) in [7, 11) is 0. The van der Waals surface area contributed by atoms with Gasteiger partial charge in [-0.2, -0.15) is 5.26 Å². The smallest absolute Gasteiger partial charge is 0.237 e. The predicted octanol–water partition coefficient (Wildman–Crippen LogP) is 21.6. The van der Waals surface area contributed by atoms with Crippen LogP contribution in [0.5, 0.6) is 0 Å². The lowest BCUT2D eigenvalue weighted by atomic mass is 9.97. The van der Waals surface area contributed by atoms with Crippen LogP contribution in [0.1, 0.15) is 5.56 Å². The molecule has 0 aliphatic carbocycles. The molecule has 0 aliphatic rings. The van der Waals surface area contributed by atoms with Crippen LogP contribution in [0.2, 0.25) is 0 Å². The van der Waals surface area contributed by atoms with Gasteiger partial charge in [0.1, 0.15) is 6.07 Å². The zero-order valence-corrected chi connectivity index (χ0v) is 47.8. The first kappa shape index (κ1) is 48.4. The van der Waals surface area contributed by atoms with Crippen LogP contribution in [0.25, 0.3) is 174 Å². The molecule has 0 aliphatic heterocycles. The molecular formula is C80H45N7S. The number of rotatable bonds is 6. The third kappa shape index (κ3) is 6.42. The van der Waals surface area contributed by atoms with Crippen LogP contribution < -0.4 is 0 Å². The van der Waals surface area contributed by atoms with Crippen molar-refractivity contribution in [3.63, 3.8) is 0 Å². The van der Waals surface area contributed by atoms with Gasteiger partial charge in [-0.05, 0) is 90.0 Å². The Labute approximate surface area is 506 Å². The molecule has 88 heavy (non-hydrogen) atoms. The standard InChI is InChI=1S/C80H45N7S/c1-82-74-75(84-63-33-13-5-24-51(63)52-25-6-14-34-64(52)84)62(47-81)76(85-65-35-15-7-26-53(65)54-27-8-16-36-66(54)85)79(78(74)86-67-37-17-9-28-55(67)56-29-10-18-38-68(56)86)87-70-45-42-48(46-61(70)58-43-44-59-57-30-12-20-41-72(57)88-80(59)77(58)87)50-32-21-40-71-73(50)60-31-11-19-39-69(60)83(71)49-22-3-2-4-23-49/h2-46H. The monoisotopic (exact) mass is 1140 g/mol. The van der Waals surface area contributed by atoms with Crippen molar-refractivity contribution in [2.75, 3.05) is 0 Å². The van der Waals surface area contributed by atoms with Crippen LogP contribution in [0.3, 0.4) is 0 Å². The fourth-order valence-corrected chi connectivity index (χ4v) is 16.3. The second kappa shape index (κ2) is 18.3. The molecule has 13 aromatic carbocycles. The molecule has 0 saturated heterocycles. The van der Waals surface area contributed by atoms with E-state index in [0.717, 1.165) is 131 Å². The Balaban J connectivity index is 1.07. The zero-order chi connectivity index (χ0) is 57.9. The number of fused-ring (bicyclic) bond motifs is 19. The van der Waals surface area contributed by atoms with E-state index in [9.17, 15) is 11.8 Å². The minimum Gasteiger partial charge on any atom is -0.318 e. The second-order valence-corrected chi connectivity index (χ2v) is 23.9. The van der Waals surface area contributed by atoms with E-state index in [-0.39, 0.29) is 0 Å². The van der Waals surface area contributed by atoms with Gasteiger partial charge in [0.15, 0.2) is 0 Å². The van der Waals surface area contributed by atoms with E-state index in [0.29, 0.717) is 28.3 Å². The maximum Gasteiger partial charge on any atom is 0.237 e. The van der Waals surface area contributed by atoms with E-state index in [1.807, 2.05) is 0 Å². The summed E-state index contributed by atoms with van der Waals surface area (Å²) in [4.78, 5) is 4.86. The summed E-state index contributed by atoms with van der Waals surface area (Å²) in [5.74, 6) is 0. The largest absolute Gasteiger partial charge is 0.318 e. The number of hydrogen-bond donors (Lipinski definition) is 0. The van der Waals surface area contributed by atoms with E-state index in [4.69, 9.17) is 4.85 Å². The minimum atomic E-state index is 0.352. The number of aromatic nitrogens is 5. The first-order valence-electron chi connectivity index (χ1n) is 29.6. The first-order valence-corrected chi connectivity index (χ1v) is 30.4. The highest BCUT2D eigenvalue weighted by Crippen LogP contribution is 2.54. The van der Waals surface area contributed by atoms with Crippen molar-refractivity contribution in [3.05, 3.63) is 290 Å². The molecule has 6 aromatic heterocycles. The number of para-hydroxylation sites is 8. The lowest BCUT2D eigenvalue weighted by Gasteiger charge is -2.27. The molecule has 0 atom stereocenters. The molecule has 6 heterocycles. The van der Waals surface area contributed by atoms with Gasteiger partial charge < -0.3 is 22.8 Å². The Bertz CT molecular complexity index is 6030. The minimum absolute atomic E-state index is 0.352. The summed E-state index contributed by atoms with van der Waals surface area (Å²) in [5, 5.41) is 25.9. The van der Waals surface area contributed by atoms with Gasteiger partial charge in [0.05, 0.1) is 94.8 Å². The van der Waals surface area contributed by atoms with Crippen molar-refractivity contribution in [1.82, 2.24) is 22.8 Å². The average molecular weight is 1140 g/mol. The van der Waals surface area contributed by atoms with Gasteiger partial charge in [0, 0.05) is 75.0 Å². The molecule has 19 rings (SSSR count). The van der Waals surface area contributed by atoms with Gasteiger partial charge in [-0.25, -0.2) is 4.85 Å². The van der Waals surface area contributed by atoms with Crippen molar-refractivity contribution < 1.29 is 0 Å². The third-order valence-electron chi connectivity index (χ3n) is 18.5. The molecule has 406 valence electrons. The van der Waals surface area contributed by atoms with Crippen LogP contribution >= 0.6 is 11.3 Å². The molecule has 0 bridgehead atoms. The molecular weight excluding hydrogens is 1090 g/mol. The highest BCUT2D eigenvalue weighted by molar-refractivity contribution is 7.26. The highest BCUT2D eigenvalue weighted by atomic mass is 32.1. The quantitative estimate of drug-likeness (QED) is 0.153. The number of hydrogen-bond acceptors (Lipinski definition) is 2. The summed E-state index contributed by atoms with van der Waals surface area (Å²) in [6.07, 6.45) is 0. The molecule has 0 saturated carbocycles. The van der Waals surface area contributed by atoms with Gasteiger partial charge >= 0.3 is 0 Å². The number of benzene rings is 13. The van der Waals surface area contributed by atoms with Gasteiger partial charge in [-0.15, -0.1) is 11.3 Å². The molecule has 0 unspecified atom stereocenters. The summed E-state index contributed by atoms with van der Waals surface area (Å²) in [6.45, 7) is 9.97. The van der Waals surface area contributed by atoms with E-state index in [2.05, 4.69) is 302 Å². The zero-order valence-electron chi connectivity index (χ0n) is 47.0. The van der Waals surface area contributed by atoms with Gasteiger partial charge in [-0.3, -0.25) is 0 Å². The lowest BCUT2D eigenvalue weighted by molar-refractivity contribution is 1.03. The predicted molar refractivity (Wildman–Crippen MR) is 367 cm³/mol. The number of thiophene rings is 1. The highest BCUT2D eigenvalue weighted by Gasteiger charge is 2.35. The Kier molecular flexibility index (Phi) is 10.1. The van der Waals surface area contributed by atoms with E-state index in [1.54, 1.807) is 11.3 Å². The van der Waals surface area contributed by atoms with Crippen LogP contribution in [0, 0.1) is 17.9 Å². The van der Waals surface area contributed by atoms with Crippen molar-refractivity contribution in [2.45, 2.75) is 0 Å². The molecule has 8 heteroatoms. The molecule has 0 fully saturated rings. The van der Waals surface area contributed by atoms with Crippen LogP contribution in [0.4, 0.5) is 5.69 Å². The van der Waals surface area contributed by atoms with Crippen LogP contribution in [-0.2, 0) is 0 Å². The summed E-state index contributed by atoms with van der Waals surface area (Å²) in [6, 6.07) is 100. The fourth-order valence-electron chi connectivity index (χ4n) is 15.0. The molecule has 7 nitrogen and oxygen atoms in total. The van der Waals surface area contributed by atoms with Gasteiger partial charge in [0.2, 0.25) is 5.69 Å². The van der Waals surface area contributed by atoms with Gasteiger partial charge in [0.25, 0.3) is 0 Å². The summed E-state index contributed by atoms with van der Waals surface area (Å²) >= 11 is 1.79. The number of nitriles is 1. The lowest BCUT2D eigenvalue weighted by Crippen LogP contribution is -2.14. The molecule has 0 radical (unpaired) electrons. The first-order chi connectivity index (χ1) is 43.7. The molecule has 0 N–H and O–H groups in total. The Morgan fingerprint density at radius 3 is 1.32 bits per heavy atom. The fraction of sp³-hybridized carbons (Fsp3) is 0. The van der Waals surface area contributed by atoms with E-state index >= 15 is 0 Å². The number of nitrogens with zero attached hydrogens (tertiary/aromatic N) is 7. The summed E-state index contributed by atoms with van der Waals surface area (Å²) < 4.78 is 14.0. The molecule has 0 amide bonds. The third-order valence-corrected chi connectivity index (χ3v) is 19.7. The average Bonchev–Trinajstić information content (AvgIpc) is 1.47. The summed E-state index contributed by atoms with van der Waals surface area (Å²) in [5.41, 5.74) is 16.4. The normalized spacial score (nSPS) is 12.1. The maximum absolute atomic E-state index is 12.8. The SMILES string of the molecule is [C-]#[N+]c1c(-n2c3ccccc3c3ccccc32)c(C#N)c(-n2c3ccccc3c3ccccc32)c(-n2c3ccc(-c4cccc5c4c4ccccc4n5-c4ccccc4)cc3c3ccc4c5ccccc5sc4c32)c1-n1c2ccccc2c2ccccc21. The molecule has 0 spiro atoms. The topological polar surface area (TPSA) is 52.8 Å². The second-order valence-electron chi connectivity index (χ2n) is 22.8. The maximum atomic E-state index is 12.8. The van der Waals surface area contributed by atoms with Crippen molar-refractivity contribution >= 4 is 146 Å². The van der Waals surface area contributed by atoms with Crippen molar-refractivity contribution in [2.24, 2.45) is 0 Å². The van der Waals surface area contributed by atoms with Crippen molar-refractivity contribution in [1.29, 1.82) is 5.26 Å². The van der Waals surface area contributed by atoms with Crippen LogP contribution in [-0.4, -0.2) is 22.8 Å². The Morgan fingerprint density at radius 2 is 0.773 bits per heavy atom. The van der Waals surface area contributed by atoms with Crippen LogP contribution in [0.15, 0.2) is 273 Å². The molecule has 19 aromatic rings. The van der Waals surface area contributed by atoms with Crippen molar-refractivity contribution in [3.8, 4) is 45.6 Å².